The van der Waals surface area contributed by atoms with Crippen LogP contribution in [0.15, 0.2) is 0 Å². The molecule has 1 saturated heterocycles. The van der Waals surface area contributed by atoms with Crippen molar-refractivity contribution in [3.05, 3.63) is 0 Å². The van der Waals surface area contributed by atoms with Gasteiger partial charge in [0.25, 0.3) is 0 Å². The molecule has 0 saturated carbocycles. The first-order valence-electron chi connectivity index (χ1n) is 7.28. The van der Waals surface area contributed by atoms with Gasteiger partial charge in [-0.15, -0.1) is 0 Å². The molecule has 0 aromatic heterocycles. The van der Waals surface area contributed by atoms with Gasteiger partial charge in [-0.05, 0) is 38.6 Å². The maximum absolute atomic E-state index is 11.7. The number of amides is 1. The first-order chi connectivity index (χ1) is 8.61. The minimum Gasteiger partial charge on any atom is -0.355 e. The van der Waals surface area contributed by atoms with Gasteiger partial charge in [0.2, 0.25) is 5.91 Å². The highest BCUT2D eigenvalue weighted by Gasteiger charge is 2.19. The van der Waals surface area contributed by atoms with E-state index >= 15 is 0 Å². The normalized spacial score (nSPS) is 18.2. The van der Waals surface area contributed by atoms with E-state index in [2.05, 4.69) is 29.4 Å². The molecule has 4 heteroatoms. The summed E-state index contributed by atoms with van der Waals surface area (Å²) < 4.78 is 0. The largest absolute Gasteiger partial charge is 0.355 e. The van der Waals surface area contributed by atoms with Crippen molar-refractivity contribution < 1.29 is 4.79 Å². The van der Waals surface area contributed by atoms with Gasteiger partial charge in [-0.2, -0.15) is 0 Å². The zero-order valence-corrected chi connectivity index (χ0v) is 12.2. The third-order valence-electron chi connectivity index (χ3n) is 3.64. The third kappa shape index (κ3) is 6.36. The summed E-state index contributed by atoms with van der Waals surface area (Å²) in [7, 11) is 2.02. The van der Waals surface area contributed by atoms with Crippen LogP contribution in [0.5, 0.6) is 0 Å². The molecular formula is C14H29N3O. The quantitative estimate of drug-likeness (QED) is 0.672. The average molecular weight is 255 g/mol. The second-order valence-electron chi connectivity index (χ2n) is 5.73. The molecule has 0 unspecified atom stereocenters. The fraction of sp³-hybridized carbons (Fsp3) is 0.929. The molecule has 0 aromatic carbocycles. The molecule has 18 heavy (non-hydrogen) atoms. The van der Waals surface area contributed by atoms with E-state index in [0.717, 1.165) is 44.8 Å². The van der Waals surface area contributed by atoms with E-state index in [0.29, 0.717) is 12.6 Å². The second-order valence-corrected chi connectivity index (χ2v) is 5.73. The summed E-state index contributed by atoms with van der Waals surface area (Å²) in [6.45, 7) is 7.89. The number of piperidine rings is 1. The topological polar surface area (TPSA) is 44.4 Å². The molecule has 2 N–H and O–H groups in total. The smallest absolute Gasteiger partial charge is 0.234 e. The number of rotatable bonds is 7. The fourth-order valence-corrected chi connectivity index (χ4v) is 2.38. The van der Waals surface area contributed by atoms with E-state index in [-0.39, 0.29) is 5.91 Å². The Kier molecular flexibility index (Phi) is 7.28. The molecule has 0 radical (unpaired) electrons. The van der Waals surface area contributed by atoms with Gasteiger partial charge in [0, 0.05) is 25.7 Å². The minimum atomic E-state index is 0.182. The van der Waals surface area contributed by atoms with Crippen LogP contribution in [0.1, 0.15) is 39.5 Å². The highest BCUT2D eigenvalue weighted by atomic mass is 16.2. The van der Waals surface area contributed by atoms with E-state index < -0.39 is 0 Å². The number of likely N-dealkylation sites (tertiary alicyclic amines) is 1. The van der Waals surface area contributed by atoms with Gasteiger partial charge in [-0.1, -0.05) is 13.8 Å². The van der Waals surface area contributed by atoms with Crippen LogP contribution < -0.4 is 10.6 Å². The van der Waals surface area contributed by atoms with Crippen molar-refractivity contribution in [3.63, 3.8) is 0 Å². The molecule has 0 aromatic rings. The maximum atomic E-state index is 11.7. The van der Waals surface area contributed by atoms with Crippen LogP contribution in [0.25, 0.3) is 0 Å². The Balaban J connectivity index is 2.06. The summed E-state index contributed by atoms with van der Waals surface area (Å²) in [6, 6.07) is 0.635. The highest BCUT2D eigenvalue weighted by molar-refractivity contribution is 5.77. The SMILES string of the molecule is CNC1CCN(CC(=O)NCCCC(C)C)CC1. The molecule has 1 aliphatic heterocycles. The lowest BCUT2D eigenvalue weighted by atomic mass is 10.1. The van der Waals surface area contributed by atoms with Crippen LogP contribution in [0.2, 0.25) is 0 Å². The molecule has 1 rings (SSSR count). The molecule has 1 aliphatic rings. The predicted molar refractivity (Wildman–Crippen MR) is 75.6 cm³/mol. The Morgan fingerprint density at radius 1 is 1.33 bits per heavy atom. The molecule has 1 amide bonds. The second kappa shape index (κ2) is 8.48. The van der Waals surface area contributed by atoms with Crippen LogP contribution in [0.3, 0.4) is 0 Å². The van der Waals surface area contributed by atoms with Crippen LogP contribution in [-0.2, 0) is 4.79 Å². The van der Waals surface area contributed by atoms with E-state index in [4.69, 9.17) is 0 Å². The van der Waals surface area contributed by atoms with Crippen molar-refractivity contribution >= 4 is 5.91 Å². The van der Waals surface area contributed by atoms with Crippen LogP contribution >= 0.6 is 0 Å². The summed E-state index contributed by atoms with van der Waals surface area (Å²) >= 11 is 0. The van der Waals surface area contributed by atoms with Gasteiger partial charge in [-0.25, -0.2) is 0 Å². The molecule has 1 heterocycles. The lowest BCUT2D eigenvalue weighted by Crippen LogP contribution is -2.45. The van der Waals surface area contributed by atoms with Crippen molar-refractivity contribution in [1.29, 1.82) is 0 Å². The molecule has 0 atom stereocenters. The molecule has 0 aliphatic carbocycles. The summed E-state index contributed by atoms with van der Waals surface area (Å²) in [5, 5.41) is 6.32. The van der Waals surface area contributed by atoms with E-state index in [9.17, 15) is 4.79 Å². The number of carbonyl (C=O) groups is 1. The van der Waals surface area contributed by atoms with Gasteiger partial charge in [0.1, 0.15) is 0 Å². The molecule has 106 valence electrons. The monoisotopic (exact) mass is 255 g/mol. The van der Waals surface area contributed by atoms with Crippen molar-refractivity contribution in [2.24, 2.45) is 5.92 Å². The Hall–Kier alpha value is -0.610. The Bertz CT molecular complexity index is 235. The summed E-state index contributed by atoms with van der Waals surface area (Å²) in [5.74, 6) is 0.907. The molecule has 1 fully saturated rings. The summed E-state index contributed by atoms with van der Waals surface area (Å²) in [4.78, 5) is 14.0. The predicted octanol–water partition coefficient (Wildman–Crippen LogP) is 1.22. The Labute approximate surface area is 111 Å². The molecule has 0 bridgehead atoms. The number of nitrogens with zero attached hydrogens (tertiary/aromatic N) is 1. The van der Waals surface area contributed by atoms with Crippen molar-refractivity contribution in [2.45, 2.75) is 45.6 Å². The first kappa shape index (κ1) is 15.4. The maximum Gasteiger partial charge on any atom is 0.234 e. The van der Waals surface area contributed by atoms with Gasteiger partial charge < -0.3 is 10.6 Å². The summed E-state index contributed by atoms with van der Waals surface area (Å²) in [6.07, 6.45) is 4.58. The van der Waals surface area contributed by atoms with E-state index in [1.165, 1.54) is 6.42 Å². The Morgan fingerprint density at radius 3 is 2.56 bits per heavy atom. The minimum absolute atomic E-state index is 0.182. The third-order valence-corrected chi connectivity index (χ3v) is 3.64. The van der Waals surface area contributed by atoms with Crippen LogP contribution in [0, 0.1) is 5.92 Å². The summed E-state index contributed by atoms with van der Waals surface area (Å²) in [5.41, 5.74) is 0. The zero-order chi connectivity index (χ0) is 13.4. The lowest BCUT2D eigenvalue weighted by molar-refractivity contribution is -0.122. The number of carbonyl (C=O) groups excluding carboxylic acids is 1. The number of hydrogen-bond donors (Lipinski definition) is 2. The fourth-order valence-electron chi connectivity index (χ4n) is 2.38. The molecule has 4 nitrogen and oxygen atoms in total. The van der Waals surface area contributed by atoms with Gasteiger partial charge in [-0.3, -0.25) is 9.69 Å². The Morgan fingerprint density at radius 2 is 2.00 bits per heavy atom. The van der Waals surface area contributed by atoms with E-state index in [1.807, 2.05) is 7.05 Å². The first-order valence-corrected chi connectivity index (χ1v) is 7.28. The van der Waals surface area contributed by atoms with Crippen molar-refractivity contribution in [1.82, 2.24) is 15.5 Å². The standard InChI is InChI=1S/C14H29N3O/c1-12(2)5-4-8-16-14(18)11-17-9-6-13(15-3)7-10-17/h12-13,15H,4-11H2,1-3H3,(H,16,18). The average Bonchev–Trinajstić information content (AvgIpc) is 2.35. The highest BCUT2D eigenvalue weighted by Crippen LogP contribution is 2.09. The number of nitrogens with one attached hydrogen (secondary N) is 2. The molecular weight excluding hydrogens is 226 g/mol. The van der Waals surface area contributed by atoms with Crippen molar-refractivity contribution in [2.75, 3.05) is 33.2 Å². The van der Waals surface area contributed by atoms with Crippen LogP contribution in [0.4, 0.5) is 0 Å². The van der Waals surface area contributed by atoms with Gasteiger partial charge >= 0.3 is 0 Å². The number of hydrogen-bond acceptors (Lipinski definition) is 3. The van der Waals surface area contributed by atoms with Gasteiger partial charge in [0.15, 0.2) is 0 Å². The van der Waals surface area contributed by atoms with Crippen LogP contribution in [-0.4, -0.2) is 50.1 Å². The lowest BCUT2D eigenvalue weighted by Gasteiger charge is -2.31. The van der Waals surface area contributed by atoms with Crippen molar-refractivity contribution in [3.8, 4) is 0 Å². The van der Waals surface area contributed by atoms with Gasteiger partial charge in [0.05, 0.1) is 6.54 Å². The molecule has 0 spiro atoms. The van der Waals surface area contributed by atoms with E-state index in [1.54, 1.807) is 0 Å². The zero-order valence-electron chi connectivity index (χ0n) is 12.2.